The van der Waals surface area contributed by atoms with Crippen LogP contribution in [0.15, 0.2) is 0 Å². The molecule has 2 unspecified atom stereocenters. The summed E-state index contributed by atoms with van der Waals surface area (Å²) in [5, 5.41) is 0. The van der Waals surface area contributed by atoms with Crippen LogP contribution in [0.3, 0.4) is 0 Å². The van der Waals surface area contributed by atoms with Gasteiger partial charge >= 0.3 is 17.8 Å². The summed E-state index contributed by atoms with van der Waals surface area (Å²) in [6.07, 6.45) is 3.68. The Labute approximate surface area is 146 Å². The Kier molecular flexibility index (Phi) is 3.76. The van der Waals surface area contributed by atoms with Gasteiger partial charge in [0.2, 0.25) is 0 Å². The van der Waals surface area contributed by atoms with Gasteiger partial charge in [0, 0.05) is 0 Å². The maximum Gasteiger partial charge on any atom is 0.319 e. The predicted octanol–water partition coefficient (Wildman–Crippen LogP) is 4.43. The molecule has 4 aliphatic carbocycles. The molecular formula is C16H20F4O2S2. The maximum absolute atomic E-state index is 13.8. The van der Waals surface area contributed by atoms with E-state index in [0.717, 1.165) is 42.8 Å². The molecule has 0 amide bonds. The standard InChI is InChI=1S/C16H20F4O2S2/c1-22-12(21)13-4-9-2-10(5-13)16(11(3-9)6-13)23-7-14(17,18)15(19,20)8-24-16/h9-11H,2-8H2,1H3. The summed E-state index contributed by atoms with van der Waals surface area (Å²) in [4.78, 5) is 12.3. The van der Waals surface area contributed by atoms with Gasteiger partial charge in [0.1, 0.15) is 0 Å². The van der Waals surface area contributed by atoms with Crippen molar-refractivity contribution in [3.05, 3.63) is 0 Å². The Balaban J connectivity index is 1.66. The van der Waals surface area contributed by atoms with E-state index in [4.69, 9.17) is 4.74 Å². The Morgan fingerprint density at radius 1 is 0.958 bits per heavy atom. The molecule has 0 aromatic heterocycles. The summed E-state index contributed by atoms with van der Waals surface area (Å²) in [5.74, 6) is -9.38. The van der Waals surface area contributed by atoms with Crippen LogP contribution < -0.4 is 0 Å². The molecule has 5 rings (SSSR count). The van der Waals surface area contributed by atoms with Crippen molar-refractivity contribution < 1.29 is 27.1 Å². The van der Waals surface area contributed by atoms with Crippen molar-refractivity contribution in [2.75, 3.05) is 18.6 Å². The van der Waals surface area contributed by atoms with Gasteiger partial charge in [-0.1, -0.05) is 0 Å². The average Bonchev–Trinajstić information content (AvgIpc) is 2.60. The molecular weight excluding hydrogens is 364 g/mol. The number of hydrogen-bond donors (Lipinski definition) is 0. The van der Waals surface area contributed by atoms with E-state index < -0.39 is 32.8 Å². The van der Waals surface area contributed by atoms with E-state index >= 15 is 0 Å². The number of carbonyl (C=O) groups is 1. The first-order valence-electron chi connectivity index (χ1n) is 8.26. The number of thioether (sulfide) groups is 2. The molecule has 8 heteroatoms. The van der Waals surface area contributed by atoms with Crippen LogP contribution in [0.2, 0.25) is 0 Å². The lowest BCUT2D eigenvalue weighted by Gasteiger charge is -2.63. The van der Waals surface area contributed by atoms with Gasteiger partial charge in [0.15, 0.2) is 0 Å². The van der Waals surface area contributed by atoms with E-state index in [2.05, 4.69) is 0 Å². The average molecular weight is 384 g/mol. The number of hydrogen-bond acceptors (Lipinski definition) is 4. The van der Waals surface area contributed by atoms with Gasteiger partial charge in [-0.05, 0) is 49.9 Å². The monoisotopic (exact) mass is 384 g/mol. The molecule has 5 fully saturated rings. The molecule has 1 saturated heterocycles. The summed E-state index contributed by atoms with van der Waals surface area (Å²) in [6, 6.07) is 0. The molecule has 0 aromatic carbocycles. The van der Waals surface area contributed by atoms with Crippen LogP contribution >= 0.6 is 23.5 Å². The van der Waals surface area contributed by atoms with E-state index in [1.807, 2.05) is 0 Å². The van der Waals surface area contributed by atoms with Gasteiger partial charge in [0.25, 0.3) is 0 Å². The Bertz CT molecular complexity index is 532. The third kappa shape index (κ3) is 2.20. The molecule has 4 saturated carbocycles. The van der Waals surface area contributed by atoms with E-state index in [1.165, 1.54) is 7.11 Å². The highest BCUT2D eigenvalue weighted by atomic mass is 32.2. The van der Waals surface area contributed by atoms with E-state index in [-0.39, 0.29) is 17.8 Å². The molecule has 2 atom stereocenters. The number of alkyl halides is 4. The molecule has 1 heterocycles. The van der Waals surface area contributed by atoms with E-state index in [0.29, 0.717) is 18.8 Å². The lowest BCUT2D eigenvalue weighted by molar-refractivity contribution is -0.178. The van der Waals surface area contributed by atoms with Gasteiger partial charge in [-0.25, -0.2) is 0 Å². The number of halogens is 4. The summed E-state index contributed by atoms with van der Waals surface area (Å²) in [5.41, 5.74) is -0.519. The van der Waals surface area contributed by atoms with Gasteiger partial charge in [-0.3, -0.25) is 4.79 Å². The second-order valence-corrected chi connectivity index (χ2v) is 10.6. The van der Waals surface area contributed by atoms with Crippen molar-refractivity contribution in [1.82, 2.24) is 0 Å². The van der Waals surface area contributed by atoms with E-state index in [1.54, 1.807) is 0 Å². The fraction of sp³-hybridized carbons (Fsp3) is 0.938. The minimum atomic E-state index is -3.97. The summed E-state index contributed by atoms with van der Waals surface area (Å²) in [6.45, 7) is 0. The number of esters is 1. The van der Waals surface area contributed by atoms with Crippen LogP contribution in [0.5, 0.6) is 0 Å². The number of ether oxygens (including phenoxy) is 1. The van der Waals surface area contributed by atoms with Crippen LogP contribution in [-0.2, 0) is 9.53 Å². The van der Waals surface area contributed by atoms with E-state index in [9.17, 15) is 22.4 Å². The van der Waals surface area contributed by atoms with Crippen LogP contribution in [0.25, 0.3) is 0 Å². The second kappa shape index (κ2) is 5.21. The molecule has 0 radical (unpaired) electrons. The third-order valence-electron chi connectivity index (χ3n) is 6.44. The van der Waals surface area contributed by atoms with Gasteiger partial charge in [-0.15, -0.1) is 23.5 Å². The van der Waals surface area contributed by atoms with Crippen LogP contribution in [0.1, 0.15) is 32.1 Å². The quantitative estimate of drug-likeness (QED) is 0.493. The molecule has 1 aliphatic heterocycles. The topological polar surface area (TPSA) is 26.3 Å². The molecule has 0 aromatic rings. The van der Waals surface area contributed by atoms with Crippen molar-refractivity contribution in [2.45, 2.75) is 48.0 Å². The summed E-state index contributed by atoms with van der Waals surface area (Å²) < 4.78 is 59.8. The SMILES string of the molecule is COC(=O)C12CC3CC(C1)C1(SCC(F)(F)C(F)(F)CS1)C(C3)C2. The first kappa shape index (κ1) is 17.3. The van der Waals surface area contributed by atoms with Crippen molar-refractivity contribution in [1.29, 1.82) is 0 Å². The van der Waals surface area contributed by atoms with Crippen molar-refractivity contribution in [3.8, 4) is 0 Å². The van der Waals surface area contributed by atoms with Crippen LogP contribution in [0, 0.1) is 23.2 Å². The minimum absolute atomic E-state index is 0.0301. The molecule has 24 heavy (non-hydrogen) atoms. The van der Waals surface area contributed by atoms with Crippen LogP contribution in [0.4, 0.5) is 17.6 Å². The largest absolute Gasteiger partial charge is 0.469 e. The highest BCUT2D eigenvalue weighted by Crippen LogP contribution is 2.72. The number of rotatable bonds is 1. The highest BCUT2D eigenvalue weighted by molar-refractivity contribution is 8.18. The Morgan fingerprint density at radius 2 is 1.46 bits per heavy atom. The fourth-order valence-electron chi connectivity index (χ4n) is 5.52. The zero-order valence-electron chi connectivity index (χ0n) is 13.3. The smallest absolute Gasteiger partial charge is 0.319 e. The molecule has 5 aliphatic rings. The molecule has 4 bridgehead atoms. The van der Waals surface area contributed by atoms with Crippen molar-refractivity contribution in [3.63, 3.8) is 0 Å². The molecule has 136 valence electrons. The van der Waals surface area contributed by atoms with Crippen molar-refractivity contribution in [2.24, 2.45) is 23.2 Å². The van der Waals surface area contributed by atoms with Gasteiger partial charge < -0.3 is 4.74 Å². The highest BCUT2D eigenvalue weighted by Gasteiger charge is 2.69. The van der Waals surface area contributed by atoms with Gasteiger partial charge in [-0.2, -0.15) is 17.6 Å². The fourth-order valence-corrected chi connectivity index (χ4v) is 9.11. The lowest BCUT2D eigenvalue weighted by Crippen LogP contribution is -2.60. The minimum Gasteiger partial charge on any atom is -0.469 e. The van der Waals surface area contributed by atoms with Crippen LogP contribution in [-0.4, -0.2) is 40.5 Å². The molecule has 2 nitrogen and oxygen atoms in total. The first-order valence-corrected chi connectivity index (χ1v) is 10.2. The second-order valence-electron chi connectivity index (χ2n) is 7.82. The summed E-state index contributed by atoms with van der Waals surface area (Å²) >= 11 is 2.06. The molecule has 1 spiro atoms. The Hall–Kier alpha value is -0.110. The zero-order chi connectivity index (χ0) is 17.4. The van der Waals surface area contributed by atoms with Gasteiger partial charge in [0.05, 0.1) is 28.1 Å². The normalized spacial score (nSPS) is 44.3. The zero-order valence-corrected chi connectivity index (χ0v) is 15.0. The maximum atomic E-state index is 13.8. The Morgan fingerprint density at radius 3 is 1.92 bits per heavy atom. The lowest BCUT2D eigenvalue weighted by atomic mass is 9.49. The third-order valence-corrected chi connectivity index (χ3v) is 10.4. The number of methoxy groups -OCH3 is 1. The van der Waals surface area contributed by atoms with Crippen molar-refractivity contribution >= 4 is 29.5 Å². The first-order chi connectivity index (χ1) is 11.1. The number of carbonyl (C=O) groups excluding carboxylic acids is 1. The molecule has 0 N–H and O–H groups in total. The summed E-state index contributed by atoms with van der Waals surface area (Å²) in [7, 11) is 1.38. The predicted molar refractivity (Wildman–Crippen MR) is 85.5 cm³/mol.